The molecule has 0 saturated heterocycles. The average molecular weight is 362 g/mol. The minimum absolute atomic E-state index is 0.167. The molecule has 27 heavy (non-hydrogen) atoms. The summed E-state index contributed by atoms with van der Waals surface area (Å²) in [6.07, 6.45) is 10.1. The maximum atomic E-state index is 10.4. The molecular formula is C21H22N4O2. The lowest BCUT2D eigenvalue weighted by molar-refractivity contribution is 0.113. The second-order valence-corrected chi connectivity index (χ2v) is 7.73. The van der Waals surface area contributed by atoms with Crippen LogP contribution in [0.2, 0.25) is 0 Å². The standard InChI is InChI=1S/C21H22N4O2/c26-20-10-15(16-11-22-23-12-16)3-4-18(20)19-5-6-21(25-24-19)27-17-8-13-1-2-14(7-13)9-17/h3-6,10-14,17,26H,1-2,7-9H2,(H,22,23)/t13-,14+,17?. The Hall–Kier alpha value is -2.89. The zero-order valence-corrected chi connectivity index (χ0v) is 15.0. The smallest absolute Gasteiger partial charge is 0.233 e. The summed E-state index contributed by atoms with van der Waals surface area (Å²) in [4.78, 5) is 0. The van der Waals surface area contributed by atoms with Crippen molar-refractivity contribution in [3.63, 3.8) is 0 Å². The number of aromatic amines is 1. The number of ether oxygens (including phenoxy) is 1. The predicted octanol–water partition coefficient (Wildman–Crippen LogP) is 4.20. The molecule has 2 aromatic heterocycles. The summed E-state index contributed by atoms with van der Waals surface area (Å²) in [7, 11) is 0. The molecule has 3 atom stereocenters. The van der Waals surface area contributed by atoms with E-state index in [9.17, 15) is 5.11 Å². The van der Waals surface area contributed by atoms with E-state index in [2.05, 4.69) is 20.4 Å². The number of phenolic OH excluding ortho intramolecular Hbond substituents is 1. The van der Waals surface area contributed by atoms with E-state index in [0.29, 0.717) is 17.1 Å². The van der Waals surface area contributed by atoms with Crippen LogP contribution in [0.15, 0.2) is 42.7 Å². The molecule has 0 radical (unpaired) electrons. The lowest BCUT2D eigenvalue weighted by Crippen LogP contribution is -2.26. The highest BCUT2D eigenvalue weighted by molar-refractivity contribution is 5.73. The van der Waals surface area contributed by atoms with Crippen molar-refractivity contribution in [2.24, 2.45) is 11.8 Å². The normalized spacial score (nSPS) is 24.1. The summed E-state index contributed by atoms with van der Waals surface area (Å²) in [5.74, 6) is 2.39. The Balaban J connectivity index is 1.31. The van der Waals surface area contributed by atoms with Gasteiger partial charge in [-0.1, -0.05) is 18.9 Å². The Morgan fingerprint density at radius 3 is 2.48 bits per heavy atom. The van der Waals surface area contributed by atoms with Gasteiger partial charge in [0.15, 0.2) is 0 Å². The van der Waals surface area contributed by atoms with E-state index in [1.54, 1.807) is 18.5 Å². The molecule has 3 aromatic rings. The van der Waals surface area contributed by atoms with Crippen LogP contribution in [-0.4, -0.2) is 31.6 Å². The summed E-state index contributed by atoms with van der Waals surface area (Å²) in [5, 5.41) is 25.6. The first-order chi connectivity index (χ1) is 13.2. The Morgan fingerprint density at radius 2 is 1.81 bits per heavy atom. The van der Waals surface area contributed by atoms with Crippen LogP contribution in [0.4, 0.5) is 0 Å². The first-order valence-electron chi connectivity index (χ1n) is 9.57. The molecule has 6 heteroatoms. The molecule has 1 unspecified atom stereocenters. The molecular weight excluding hydrogens is 340 g/mol. The Labute approximate surface area is 157 Å². The monoisotopic (exact) mass is 362 g/mol. The molecule has 0 amide bonds. The number of hydrogen-bond donors (Lipinski definition) is 2. The Kier molecular flexibility index (Phi) is 4.03. The summed E-state index contributed by atoms with van der Waals surface area (Å²) in [6.45, 7) is 0. The lowest BCUT2D eigenvalue weighted by atomic mass is 9.87. The van der Waals surface area contributed by atoms with Gasteiger partial charge in [-0.15, -0.1) is 10.2 Å². The van der Waals surface area contributed by atoms with Crippen molar-refractivity contribution in [2.75, 3.05) is 0 Å². The molecule has 2 N–H and O–H groups in total. The first-order valence-corrected chi connectivity index (χ1v) is 9.57. The predicted molar refractivity (Wildman–Crippen MR) is 101 cm³/mol. The number of benzene rings is 1. The summed E-state index contributed by atoms with van der Waals surface area (Å²) in [5.41, 5.74) is 3.09. The number of aromatic nitrogens is 4. The number of rotatable bonds is 4. The van der Waals surface area contributed by atoms with Crippen molar-refractivity contribution in [3.8, 4) is 34.0 Å². The number of aromatic hydroxyl groups is 1. The molecule has 0 spiro atoms. The van der Waals surface area contributed by atoms with Gasteiger partial charge in [-0.2, -0.15) is 5.10 Å². The van der Waals surface area contributed by atoms with Gasteiger partial charge in [-0.3, -0.25) is 5.10 Å². The minimum atomic E-state index is 0.167. The van der Waals surface area contributed by atoms with Crippen LogP contribution < -0.4 is 4.74 Å². The van der Waals surface area contributed by atoms with Crippen molar-refractivity contribution in [1.82, 2.24) is 20.4 Å². The average Bonchev–Trinajstić information content (AvgIpc) is 3.32. The van der Waals surface area contributed by atoms with Crippen molar-refractivity contribution in [2.45, 2.75) is 38.2 Å². The number of fused-ring (bicyclic) bond motifs is 2. The topological polar surface area (TPSA) is 83.9 Å². The van der Waals surface area contributed by atoms with Crippen molar-refractivity contribution < 1.29 is 9.84 Å². The number of nitrogens with one attached hydrogen (secondary N) is 1. The third-order valence-corrected chi connectivity index (χ3v) is 5.88. The highest BCUT2D eigenvalue weighted by Crippen LogP contribution is 2.43. The van der Waals surface area contributed by atoms with Crippen molar-refractivity contribution in [3.05, 3.63) is 42.7 Å². The van der Waals surface area contributed by atoms with Gasteiger partial charge in [0, 0.05) is 23.4 Å². The Bertz CT molecular complexity index is 912. The highest BCUT2D eigenvalue weighted by Gasteiger charge is 2.35. The van der Waals surface area contributed by atoms with E-state index in [0.717, 1.165) is 35.8 Å². The van der Waals surface area contributed by atoms with Crippen LogP contribution >= 0.6 is 0 Å². The maximum Gasteiger partial charge on any atom is 0.233 e. The van der Waals surface area contributed by atoms with Crippen LogP contribution in [0.3, 0.4) is 0 Å². The maximum absolute atomic E-state index is 10.4. The van der Waals surface area contributed by atoms with Crippen LogP contribution in [0.25, 0.3) is 22.4 Å². The highest BCUT2D eigenvalue weighted by atomic mass is 16.5. The van der Waals surface area contributed by atoms with Gasteiger partial charge in [0.2, 0.25) is 5.88 Å². The molecule has 138 valence electrons. The van der Waals surface area contributed by atoms with E-state index in [-0.39, 0.29) is 11.9 Å². The van der Waals surface area contributed by atoms with Crippen LogP contribution in [0.5, 0.6) is 11.6 Å². The van der Waals surface area contributed by atoms with Gasteiger partial charge >= 0.3 is 0 Å². The fraction of sp³-hybridized carbons (Fsp3) is 0.381. The summed E-state index contributed by atoms with van der Waals surface area (Å²) in [6, 6.07) is 9.20. The zero-order chi connectivity index (χ0) is 18.2. The van der Waals surface area contributed by atoms with E-state index in [1.165, 1.54) is 19.3 Å². The van der Waals surface area contributed by atoms with E-state index in [1.807, 2.05) is 24.3 Å². The molecule has 1 aromatic carbocycles. The van der Waals surface area contributed by atoms with Gasteiger partial charge in [-0.25, -0.2) is 0 Å². The van der Waals surface area contributed by atoms with Crippen LogP contribution in [-0.2, 0) is 0 Å². The zero-order valence-electron chi connectivity index (χ0n) is 15.0. The second-order valence-electron chi connectivity index (χ2n) is 7.73. The van der Waals surface area contributed by atoms with Gasteiger partial charge in [0.05, 0.1) is 11.9 Å². The lowest BCUT2D eigenvalue weighted by Gasteiger charge is -2.27. The third-order valence-electron chi connectivity index (χ3n) is 5.88. The fourth-order valence-electron chi connectivity index (χ4n) is 4.58. The van der Waals surface area contributed by atoms with Crippen LogP contribution in [0, 0.1) is 11.8 Å². The SMILES string of the molecule is Oc1cc(-c2cn[nH]c2)ccc1-c1ccc(OC2C[C@H]3CC[C@@H](C2)C3)nn1. The first kappa shape index (κ1) is 16.3. The van der Waals surface area contributed by atoms with Crippen molar-refractivity contribution >= 4 is 0 Å². The second kappa shape index (κ2) is 6.68. The quantitative estimate of drug-likeness (QED) is 0.727. The van der Waals surface area contributed by atoms with E-state index >= 15 is 0 Å². The number of nitrogens with zero attached hydrogens (tertiary/aromatic N) is 3. The summed E-state index contributed by atoms with van der Waals surface area (Å²) >= 11 is 0. The van der Waals surface area contributed by atoms with E-state index < -0.39 is 0 Å². The van der Waals surface area contributed by atoms with Gasteiger partial charge < -0.3 is 9.84 Å². The molecule has 2 bridgehead atoms. The van der Waals surface area contributed by atoms with Crippen molar-refractivity contribution in [1.29, 1.82) is 0 Å². The number of hydrogen-bond acceptors (Lipinski definition) is 5. The Morgan fingerprint density at radius 1 is 0.963 bits per heavy atom. The molecule has 2 saturated carbocycles. The molecule has 0 aliphatic heterocycles. The summed E-state index contributed by atoms with van der Waals surface area (Å²) < 4.78 is 6.08. The number of H-pyrrole nitrogens is 1. The number of phenols is 1. The molecule has 5 rings (SSSR count). The molecule has 2 aliphatic carbocycles. The molecule has 6 nitrogen and oxygen atoms in total. The van der Waals surface area contributed by atoms with Gasteiger partial charge in [-0.05, 0) is 54.9 Å². The minimum Gasteiger partial charge on any atom is -0.507 e. The van der Waals surface area contributed by atoms with Gasteiger partial charge in [0.1, 0.15) is 11.9 Å². The molecule has 2 heterocycles. The molecule has 2 fully saturated rings. The van der Waals surface area contributed by atoms with Crippen LogP contribution in [0.1, 0.15) is 32.1 Å². The van der Waals surface area contributed by atoms with Gasteiger partial charge in [0.25, 0.3) is 0 Å². The fourth-order valence-corrected chi connectivity index (χ4v) is 4.58. The van der Waals surface area contributed by atoms with E-state index in [4.69, 9.17) is 4.74 Å². The molecule has 2 aliphatic rings. The largest absolute Gasteiger partial charge is 0.507 e. The third kappa shape index (κ3) is 3.27.